The monoisotopic (exact) mass is 293 g/mol. The molecule has 0 radical (unpaired) electrons. The molecule has 1 unspecified atom stereocenters. The van der Waals surface area contributed by atoms with Crippen LogP contribution in [0.3, 0.4) is 0 Å². The van der Waals surface area contributed by atoms with Gasteiger partial charge in [-0.05, 0) is 61.7 Å². The smallest absolute Gasteiger partial charge is 0.146 e. The Balaban J connectivity index is 2.20. The molecule has 1 atom stereocenters. The first-order valence-corrected chi connectivity index (χ1v) is 6.81. The predicted octanol–water partition coefficient (Wildman–Crippen LogP) is 4.47. The fourth-order valence-corrected chi connectivity index (χ4v) is 2.20. The molecule has 0 aliphatic carbocycles. The van der Waals surface area contributed by atoms with Crippen molar-refractivity contribution in [2.45, 2.75) is 26.3 Å². The molecule has 0 aromatic heterocycles. The molecule has 4 heteroatoms. The summed E-state index contributed by atoms with van der Waals surface area (Å²) in [5.41, 5.74) is 8.11. The number of hydrogen-bond donors (Lipinski definition) is 1. The largest absolute Gasteiger partial charge is 0.456 e. The lowest BCUT2D eigenvalue weighted by Crippen LogP contribution is -2.18. The van der Waals surface area contributed by atoms with Crippen molar-refractivity contribution in [1.29, 1.82) is 0 Å². The van der Waals surface area contributed by atoms with Crippen molar-refractivity contribution in [2.75, 3.05) is 0 Å². The number of ether oxygens (including phenoxy) is 1. The summed E-state index contributed by atoms with van der Waals surface area (Å²) < 4.78 is 18.6. The van der Waals surface area contributed by atoms with Crippen molar-refractivity contribution in [3.05, 3.63) is 58.4 Å². The summed E-state index contributed by atoms with van der Waals surface area (Å²) in [6.45, 7) is 3.99. The minimum atomic E-state index is -0.384. The first kappa shape index (κ1) is 14.8. The third kappa shape index (κ3) is 3.71. The van der Waals surface area contributed by atoms with Crippen molar-refractivity contribution < 1.29 is 9.13 Å². The molecule has 106 valence electrons. The van der Waals surface area contributed by atoms with E-state index in [-0.39, 0.29) is 16.9 Å². The zero-order valence-corrected chi connectivity index (χ0v) is 12.2. The molecule has 0 aliphatic rings. The lowest BCUT2D eigenvalue weighted by atomic mass is 10.0. The average molecular weight is 294 g/mol. The van der Waals surface area contributed by atoms with Crippen LogP contribution < -0.4 is 10.5 Å². The van der Waals surface area contributed by atoms with Crippen LogP contribution in [-0.2, 0) is 6.42 Å². The van der Waals surface area contributed by atoms with Gasteiger partial charge in [0, 0.05) is 6.04 Å². The maximum Gasteiger partial charge on any atom is 0.146 e. The second-order valence-corrected chi connectivity index (χ2v) is 5.35. The molecule has 0 amide bonds. The second-order valence-electron chi connectivity index (χ2n) is 4.95. The Bertz CT molecular complexity index is 613. The van der Waals surface area contributed by atoms with Gasteiger partial charge >= 0.3 is 0 Å². The molecule has 2 nitrogen and oxygen atoms in total. The summed E-state index contributed by atoms with van der Waals surface area (Å²) >= 11 is 5.94. The topological polar surface area (TPSA) is 35.2 Å². The molecule has 2 aromatic rings. The second kappa shape index (κ2) is 6.25. The Morgan fingerprint density at radius 1 is 1.25 bits per heavy atom. The van der Waals surface area contributed by atoms with Gasteiger partial charge in [0.25, 0.3) is 0 Å². The van der Waals surface area contributed by atoms with Gasteiger partial charge in [-0.15, -0.1) is 0 Å². The Kier molecular flexibility index (Phi) is 4.63. The SMILES string of the molecule is Cc1cc(Oc2ccc(F)cc2Cl)ccc1CC(C)N. The standard InChI is InChI=1S/C16H17ClFNO/c1-10-7-14(5-3-12(10)8-11(2)19)20-16-6-4-13(18)9-15(16)17/h3-7,9,11H,8,19H2,1-2H3. The number of nitrogens with two attached hydrogens (primary N) is 1. The van der Waals surface area contributed by atoms with Gasteiger partial charge in [0.2, 0.25) is 0 Å². The molecule has 0 bridgehead atoms. The van der Waals surface area contributed by atoms with Crippen LogP contribution in [0.2, 0.25) is 5.02 Å². The summed E-state index contributed by atoms with van der Waals surface area (Å²) in [5.74, 6) is 0.725. The highest BCUT2D eigenvalue weighted by Gasteiger charge is 2.07. The van der Waals surface area contributed by atoms with Crippen LogP contribution >= 0.6 is 11.6 Å². The first-order valence-electron chi connectivity index (χ1n) is 6.43. The molecule has 0 fully saturated rings. The summed E-state index contributed by atoms with van der Waals surface area (Å²) in [6, 6.07) is 9.97. The van der Waals surface area contributed by atoms with Crippen LogP contribution in [0.25, 0.3) is 0 Å². The van der Waals surface area contributed by atoms with Gasteiger partial charge in [-0.3, -0.25) is 0 Å². The predicted molar refractivity (Wildman–Crippen MR) is 80.0 cm³/mol. The summed E-state index contributed by atoms with van der Waals surface area (Å²) in [6.07, 6.45) is 0.823. The molecule has 20 heavy (non-hydrogen) atoms. The number of rotatable bonds is 4. The van der Waals surface area contributed by atoms with E-state index in [4.69, 9.17) is 22.1 Å². The molecule has 0 spiro atoms. The van der Waals surface area contributed by atoms with Gasteiger partial charge in [-0.2, -0.15) is 0 Å². The van der Waals surface area contributed by atoms with Crippen molar-refractivity contribution >= 4 is 11.6 Å². The van der Waals surface area contributed by atoms with Crippen molar-refractivity contribution in [1.82, 2.24) is 0 Å². The molecule has 2 rings (SSSR count). The van der Waals surface area contributed by atoms with E-state index in [9.17, 15) is 4.39 Å². The maximum absolute atomic E-state index is 13.0. The lowest BCUT2D eigenvalue weighted by Gasteiger charge is -2.12. The van der Waals surface area contributed by atoms with Crippen molar-refractivity contribution in [3.8, 4) is 11.5 Å². The molecule has 2 aromatic carbocycles. The number of benzene rings is 2. The van der Waals surface area contributed by atoms with E-state index in [1.807, 2.05) is 32.0 Å². The summed E-state index contributed by atoms with van der Waals surface area (Å²) in [5, 5.41) is 0.252. The van der Waals surface area contributed by atoms with Gasteiger partial charge in [-0.25, -0.2) is 4.39 Å². The van der Waals surface area contributed by atoms with Gasteiger partial charge < -0.3 is 10.5 Å². The number of aryl methyl sites for hydroxylation is 1. The third-order valence-corrected chi connectivity index (χ3v) is 3.27. The minimum absolute atomic E-state index is 0.118. The molecule has 2 N–H and O–H groups in total. The highest BCUT2D eigenvalue weighted by Crippen LogP contribution is 2.30. The average Bonchev–Trinajstić information content (AvgIpc) is 2.36. The van der Waals surface area contributed by atoms with Crippen LogP contribution in [0.15, 0.2) is 36.4 Å². The first-order chi connectivity index (χ1) is 9.45. The number of hydrogen-bond acceptors (Lipinski definition) is 2. The van der Waals surface area contributed by atoms with Crippen molar-refractivity contribution in [3.63, 3.8) is 0 Å². The Hall–Kier alpha value is -1.58. The van der Waals surface area contributed by atoms with Gasteiger partial charge in [-0.1, -0.05) is 17.7 Å². The summed E-state index contributed by atoms with van der Waals surface area (Å²) in [7, 11) is 0. The highest BCUT2D eigenvalue weighted by molar-refractivity contribution is 6.32. The van der Waals surface area contributed by atoms with E-state index in [0.717, 1.165) is 12.0 Å². The lowest BCUT2D eigenvalue weighted by molar-refractivity contribution is 0.480. The Labute approximate surface area is 123 Å². The fraction of sp³-hybridized carbons (Fsp3) is 0.250. The molecular formula is C16H17ClFNO. The Morgan fingerprint density at radius 2 is 2.00 bits per heavy atom. The quantitative estimate of drug-likeness (QED) is 0.902. The van der Waals surface area contributed by atoms with Crippen molar-refractivity contribution in [2.24, 2.45) is 5.73 Å². The van der Waals surface area contributed by atoms with Crippen LogP contribution in [-0.4, -0.2) is 6.04 Å². The molecule has 0 heterocycles. The zero-order valence-electron chi connectivity index (χ0n) is 11.5. The summed E-state index contributed by atoms with van der Waals surface area (Å²) in [4.78, 5) is 0. The fourth-order valence-electron chi connectivity index (χ4n) is 1.99. The van der Waals surface area contributed by atoms with Gasteiger partial charge in [0.15, 0.2) is 0 Å². The maximum atomic E-state index is 13.0. The normalized spacial score (nSPS) is 12.2. The molecule has 0 saturated heterocycles. The van der Waals surface area contributed by atoms with Crippen LogP contribution in [0, 0.1) is 12.7 Å². The van der Waals surface area contributed by atoms with Crippen LogP contribution in [0.1, 0.15) is 18.1 Å². The van der Waals surface area contributed by atoms with E-state index in [2.05, 4.69) is 0 Å². The highest BCUT2D eigenvalue weighted by atomic mass is 35.5. The Morgan fingerprint density at radius 3 is 2.60 bits per heavy atom. The molecule has 0 aliphatic heterocycles. The van der Waals surface area contributed by atoms with Gasteiger partial charge in [0.05, 0.1) is 5.02 Å². The van der Waals surface area contributed by atoms with E-state index in [1.165, 1.54) is 23.8 Å². The number of halogens is 2. The van der Waals surface area contributed by atoms with E-state index < -0.39 is 0 Å². The zero-order chi connectivity index (χ0) is 14.7. The van der Waals surface area contributed by atoms with E-state index in [0.29, 0.717) is 11.5 Å². The van der Waals surface area contributed by atoms with Crippen LogP contribution in [0.5, 0.6) is 11.5 Å². The van der Waals surface area contributed by atoms with Crippen LogP contribution in [0.4, 0.5) is 4.39 Å². The minimum Gasteiger partial charge on any atom is -0.456 e. The molecule has 0 saturated carbocycles. The molecular weight excluding hydrogens is 277 g/mol. The van der Waals surface area contributed by atoms with Gasteiger partial charge in [0.1, 0.15) is 17.3 Å². The third-order valence-electron chi connectivity index (χ3n) is 2.98. The van der Waals surface area contributed by atoms with E-state index >= 15 is 0 Å². The van der Waals surface area contributed by atoms with E-state index in [1.54, 1.807) is 0 Å².